The van der Waals surface area contributed by atoms with Crippen LogP contribution in [0.4, 0.5) is 10.1 Å². The first-order valence-electron chi connectivity index (χ1n) is 9.60. The lowest BCUT2D eigenvalue weighted by atomic mass is 9.78. The van der Waals surface area contributed by atoms with Crippen molar-refractivity contribution in [1.29, 1.82) is 0 Å². The van der Waals surface area contributed by atoms with Crippen LogP contribution in [0.15, 0.2) is 41.4 Å². The number of aliphatic imine (C=N–C) groups is 1. The van der Waals surface area contributed by atoms with Crippen LogP contribution in [0.3, 0.4) is 0 Å². The van der Waals surface area contributed by atoms with Gasteiger partial charge in [-0.1, -0.05) is 37.3 Å². The lowest BCUT2D eigenvalue weighted by Gasteiger charge is -2.28. The number of aryl methyl sites for hydroxylation is 1. The molecular formula is C24H24FNS. The van der Waals surface area contributed by atoms with Gasteiger partial charge in [0.25, 0.3) is 0 Å². The SMILES string of the molecule is CCC1CCC(c2ccc(C#Cc3cc(C)c(N=C=S)c(F)c3)cc2)CC1. The number of nitrogens with zero attached hydrogens (tertiary/aromatic N) is 1. The van der Waals surface area contributed by atoms with E-state index in [2.05, 4.69) is 65.4 Å². The molecule has 1 aliphatic carbocycles. The maximum atomic E-state index is 14.1. The van der Waals surface area contributed by atoms with E-state index in [1.54, 1.807) is 6.92 Å². The first-order valence-corrected chi connectivity index (χ1v) is 10.0. The largest absolute Gasteiger partial charge is 0.205 e. The second kappa shape index (κ2) is 9.09. The van der Waals surface area contributed by atoms with E-state index in [-0.39, 0.29) is 5.69 Å². The van der Waals surface area contributed by atoms with Gasteiger partial charge in [-0.05, 0) is 92.1 Å². The third-order valence-electron chi connectivity index (χ3n) is 5.57. The molecule has 3 heteroatoms. The molecule has 0 heterocycles. The highest BCUT2D eigenvalue weighted by molar-refractivity contribution is 7.78. The Morgan fingerprint density at radius 3 is 2.30 bits per heavy atom. The molecule has 1 fully saturated rings. The lowest BCUT2D eigenvalue weighted by molar-refractivity contribution is 0.319. The van der Waals surface area contributed by atoms with Crippen molar-refractivity contribution in [2.75, 3.05) is 0 Å². The van der Waals surface area contributed by atoms with Crippen molar-refractivity contribution in [2.24, 2.45) is 10.9 Å². The van der Waals surface area contributed by atoms with Gasteiger partial charge in [0, 0.05) is 11.1 Å². The van der Waals surface area contributed by atoms with E-state index in [9.17, 15) is 4.39 Å². The highest BCUT2D eigenvalue weighted by atomic mass is 32.1. The van der Waals surface area contributed by atoms with Crippen molar-refractivity contribution in [1.82, 2.24) is 0 Å². The molecule has 27 heavy (non-hydrogen) atoms. The summed E-state index contributed by atoms with van der Waals surface area (Å²) in [7, 11) is 0. The topological polar surface area (TPSA) is 12.4 Å². The first-order chi connectivity index (χ1) is 13.1. The summed E-state index contributed by atoms with van der Waals surface area (Å²) in [5.41, 5.74) is 3.93. The molecule has 1 nitrogen and oxygen atoms in total. The van der Waals surface area contributed by atoms with E-state index in [0.717, 1.165) is 11.5 Å². The number of hydrogen-bond acceptors (Lipinski definition) is 2. The standard InChI is InChI=1S/C24H24FNS/c1-3-18-6-10-21(11-7-18)22-12-8-19(9-13-22)4-5-20-14-17(2)24(26-16-27)23(25)15-20/h8-9,12-15,18,21H,3,6-7,10-11H2,1-2H3. The number of rotatable bonds is 3. The Hall–Kier alpha value is -2.27. The van der Waals surface area contributed by atoms with Crippen LogP contribution in [0.2, 0.25) is 0 Å². The monoisotopic (exact) mass is 377 g/mol. The summed E-state index contributed by atoms with van der Waals surface area (Å²) in [6, 6.07) is 11.8. The van der Waals surface area contributed by atoms with Crippen molar-refractivity contribution < 1.29 is 4.39 Å². The van der Waals surface area contributed by atoms with Crippen LogP contribution >= 0.6 is 12.2 Å². The molecule has 0 aromatic heterocycles. The molecule has 0 radical (unpaired) electrons. The van der Waals surface area contributed by atoms with Crippen LogP contribution in [-0.2, 0) is 0 Å². The summed E-state index contributed by atoms with van der Waals surface area (Å²) in [6.45, 7) is 4.09. The minimum atomic E-state index is -0.422. The zero-order valence-electron chi connectivity index (χ0n) is 15.9. The van der Waals surface area contributed by atoms with Gasteiger partial charge in [0.2, 0.25) is 0 Å². The minimum absolute atomic E-state index is 0.234. The predicted molar refractivity (Wildman–Crippen MR) is 113 cm³/mol. The van der Waals surface area contributed by atoms with Crippen LogP contribution in [0.1, 0.15) is 67.2 Å². The third kappa shape index (κ3) is 4.92. The van der Waals surface area contributed by atoms with Gasteiger partial charge < -0.3 is 0 Å². The van der Waals surface area contributed by atoms with Gasteiger partial charge in [-0.2, -0.15) is 4.99 Å². The third-order valence-corrected chi connectivity index (χ3v) is 5.66. The molecule has 2 aromatic rings. The molecule has 0 unspecified atom stereocenters. The molecule has 0 bridgehead atoms. The molecular weight excluding hydrogens is 353 g/mol. The van der Waals surface area contributed by atoms with Crippen LogP contribution in [0, 0.1) is 30.5 Å². The van der Waals surface area contributed by atoms with Crippen molar-refractivity contribution in [2.45, 2.75) is 51.9 Å². The Labute approximate surface area is 166 Å². The lowest BCUT2D eigenvalue weighted by Crippen LogP contribution is -2.12. The fraction of sp³-hybridized carbons (Fsp3) is 0.375. The minimum Gasteiger partial charge on any atom is -0.205 e. The average Bonchev–Trinajstić information content (AvgIpc) is 2.70. The van der Waals surface area contributed by atoms with Gasteiger partial charge in [-0.3, -0.25) is 0 Å². The molecule has 0 aliphatic heterocycles. The van der Waals surface area contributed by atoms with Gasteiger partial charge in [0.1, 0.15) is 5.69 Å². The summed E-state index contributed by atoms with van der Waals surface area (Å²) >= 11 is 4.56. The molecule has 0 spiro atoms. The molecule has 0 amide bonds. The quantitative estimate of drug-likeness (QED) is 0.320. The van der Waals surface area contributed by atoms with Gasteiger partial charge in [-0.15, -0.1) is 0 Å². The second-order valence-corrected chi connectivity index (χ2v) is 7.51. The summed E-state index contributed by atoms with van der Waals surface area (Å²) in [5.74, 6) is 7.35. The Morgan fingerprint density at radius 2 is 1.70 bits per heavy atom. The summed E-state index contributed by atoms with van der Waals surface area (Å²) < 4.78 is 14.1. The summed E-state index contributed by atoms with van der Waals surface area (Å²) in [6.07, 6.45) is 6.57. The highest BCUT2D eigenvalue weighted by Gasteiger charge is 2.20. The van der Waals surface area contributed by atoms with E-state index < -0.39 is 5.82 Å². The van der Waals surface area contributed by atoms with Crippen molar-refractivity contribution in [3.05, 3.63) is 64.5 Å². The van der Waals surface area contributed by atoms with E-state index in [4.69, 9.17) is 0 Å². The zero-order valence-corrected chi connectivity index (χ0v) is 16.7. The number of benzene rings is 2. The Kier molecular flexibility index (Phi) is 6.56. The van der Waals surface area contributed by atoms with Crippen molar-refractivity contribution in [3.8, 4) is 11.8 Å². The number of halogens is 1. The van der Waals surface area contributed by atoms with Crippen LogP contribution in [0.5, 0.6) is 0 Å². The molecule has 3 rings (SSSR count). The van der Waals surface area contributed by atoms with Crippen LogP contribution < -0.4 is 0 Å². The maximum Gasteiger partial charge on any atom is 0.151 e. The highest BCUT2D eigenvalue weighted by Crippen LogP contribution is 2.36. The van der Waals surface area contributed by atoms with E-state index in [1.807, 2.05) is 6.07 Å². The molecule has 0 N–H and O–H groups in total. The average molecular weight is 378 g/mol. The normalized spacial score (nSPS) is 18.9. The Morgan fingerprint density at radius 1 is 1.04 bits per heavy atom. The molecule has 1 saturated carbocycles. The van der Waals surface area contributed by atoms with Crippen LogP contribution in [-0.4, -0.2) is 5.16 Å². The van der Waals surface area contributed by atoms with E-state index in [0.29, 0.717) is 17.0 Å². The van der Waals surface area contributed by atoms with Gasteiger partial charge in [0.15, 0.2) is 5.82 Å². The molecule has 1 aliphatic rings. The maximum absolute atomic E-state index is 14.1. The number of hydrogen-bond donors (Lipinski definition) is 0. The van der Waals surface area contributed by atoms with Gasteiger partial charge >= 0.3 is 0 Å². The molecule has 0 atom stereocenters. The van der Waals surface area contributed by atoms with E-state index in [1.165, 1.54) is 43.7 Å². The van der Waals surface area contributed by atoms with Gasteiger partial charge in [-0.25, -0.2) is 4.39 Å². The zero-order chi connectivity index (χ0) is 19.2. The Balaban J connectivity index is 1.72. The molecule has 2 aromatic carbocycles. The first kappa shape index (κ1) is 19.5. The van der Waals surface area contributed by atoms with Crippen molar-refractivity contribution in [3.63, 3.8) is 0 Å². The second-order valence-electron chi connectivity index (χ2n) is 7.32. The fourth-order valence-corrected chi connectivity index (χ4v) is 3.97. The molecule has 0 saturated heterocycles. The predicted octanol–water partition coefficient (Wildman–Crippen LogP) is 6.95. The number of isothiocyanates is 1. The van der Waals surface area contributed by atoms with Crippen molar-refractivity contribution >= 4 is 23.1 Å². The Bertz CT molecular complexity index is 883. The number of thiocarbonyl (C=S) groups is 1. The van der Waals surface area contributed by atoms with E-state index >= 15 is 0 Å². The van der Waals surface area contributed by atoms with Gasteiger partial charge in [0.05, 0.1) is 5.16 Å². The fourth-order valence-electron chi connectivity index (χ4n) is 3.88. The summed E-state index contributed by atoms with van der Waals surface area (Å²) in [5, 5.41) is 2.21. The van der Waals surface area contributed by atoms with Crippen LogP contribution in [0.25, 0.3) is 0 Å². The molecule has 138 valence electrons. The smallest absolute Gasteiger partial charge is 0.151 e. The summed E-state index contributed by atoms with van der Waals surface area (Å²) in [4.78, 5) is 3.77.